The Morgan fingerprint density at radius 1 is 0.786 bits per heavy atom. The number of hydrogen-bond donors (Lipinski definition) is 1. The van der Waals surface area contributed by atoms with Crippen LogP contribution in [0.1, 0.15) is 16.7 Å². The molecule has 3 rings (SSSR count). The number of esters is 1. The van der Waals surface area contributed by atoms with Crippen LogP contribution in [0.5, 0.6) is 5.75 Å². The Kier molecular flexibility index (Phi) is 8.53. The molecule has 1 atom stereocenters. The van der Waals surface area contributed by atoms with Crippen molar-refractivity contribution in [2.45, 2.75) is 25.7 Å². The molecule has 0 fully saturated rings. The first kappa shape index (κ1) is 21.5. The molecule has 2 N–H and O–H groups in total. The van der Waals surface area contributed by atoms with Gasteiger partial charge < -0.3 is 15.2 Å². The maximum Gasteiger partial charge on any atom is 0.323 e. The van der Waals surface area contributed by atoms with E-state index in [-0.39, 0.29) is 19.0 Å². The highest BCUT2D eigenvalue weighted by Gasteiger charge is 2.16. The van der Waals surface area contributed by atoms with E-state index in [1.54, 1.807) is 0 Å². The van der Waals surface area contributed by atoms with Gasteiger partial charge in [-0.05, 0) is 35.2 Å². The van der Waals surface area contributed by atoms with Gasteiger partial charge in [0, 0.05) is 0 Å². The third-order valence-electron chi connectivity index (χ3n) is 4.13. The Morgan fingerprint density at radius 2 is 1.36 bits per heavy atom. The summed E-state index contributed by atoms with van der Waals surface area (Å²) in [5.74, 6) is 0.343. The summed E-state index contributed by atoms with van der Waals surface area (Å²) in [6.07, 6.45) is 0.399. The van der Waals surface area contributed by atoms with Crippen molar-refractivity contribution in [1.82, 2.24) is 0 Å². The van der Waals surface area contributed by atoms with Crippen LogP contribution in [0, 0.1) is 0 Å². The lowest BCUT2D eigenvalue weighted by molar-refractivity contribution is -0.146. The Balaban J connectivity index is 0.00000280. The molecule has 0 radical (unpaired) electrons. The van der Waals surface area contributed by atoms with Crippen LogP contribution >= 0.6 is 12.4 Å². The average Bonchev–Trinajstić information content (AvgIpc) is 2.72. The number of rotatable bonds is 8. The molecule has 3 aromatic rings. The first-order valence-corrected chi connectivity index (χ1v) is 8.92. The van der Waals surface area contributed by atoms with Crippen molar-refractivity contribution in [1.29, 1.82) is 0 Å². The summed E-state index contributed by atoms with van der Waals surface area (Å²) in [5, 5.41) is 0. The van der Waals surface area contributed by atoms with Gasteiger partial charge in [-0.3, -0.25) is 4.79 Å². The highest BCUT2D eigenvalue weighted by Crippen LogP contribution is 2.16. The minimum Gasteiger partial charge on any atom is -0.489 e. The molecule has 5 heteroatoms. The van der Waals surface area contributed by atoms with Crippen LogP contribution in [0.3, 0.4) is 0 Å². The first-order valence-electron chi connectivity index (χ1n) is 8.92. The van der Waals surface area contributed by atoms with Crippen molar-refractivity contribution < 1.29 is 14.3 Å². The van der Waals surface area contributed by atoms with Crippen molar-refractivity contribution in [3.8, 4) is 5.75 Å². The van der Waals surface area contributed by atoms with Crippen molar-refractivity contribution in [3.63, 3.8) is 0 Å². The molecule has 0 aliphatic carbocycles. The second-order valence-corrected chi connectivity index (χ2v) is 6.33. The van der Waals surface area contributed by atoms with E-state index in [1.165, 1.54) is 0 Å². The zero-order valence-electron chi connectivity index (χ0n) is 15.5. The quantitative estimate of drug-likeness (QED) is 0.575. The second kappa shape index (κ2) is 11.1. The standard InChI is InChI=1S/C23H23NO3.ClH/c24-22(23(25)27-17-19-10-5-2-6-11-19)15-20-12-7-13-21(14-20)26-16-18-8-3-1-4-9-18;/h1-14,22H,15-17,24H2;1H/t22-;/m0./s1. The fourth-order valence-electron chi connectivity index (χ4n) is 2.68. The Hall–Kier alpha value is -2.82. The fraction of sp³-hybridized carbons (Fsp3) is 0.174. The van der Waals surface area contributed by atoms with Crippen LogP contribution in [0.4, 0.5) is 0 Å². The third-order valence-corrected chi connectivity index (χ3v) is 4.13. The van der Waals surface area contributed by atoms with Crippen LogP contribution in [0.2, 0.25) is 0 Å². The summed E-state index contributed by atoms with van der Waals surface area (Å²) >= 11 is 0. The van der Waals surface area contributed by atoms with Gasteiger partial charge in [-0.2, -0.15) is 0 Å². The lowest BCUT2D eigenvalue weighted by Crippen LogP contribution is -2.34. The van der Waals surface area contributed by atoms with Crippen LogP contribution in [0.15, 0.2) is 84.9 Å². The van der Waals surface area contributed by atoms with Crippen LogP contribution in [0.25, 0.3) is 0 Å². The molecule has 28 heavy (non-hydrogen) atoms. The molecule has 3 aromatic carbocycles. The highest BCUT2D eigenvalue weighted by molar-refractivity contribution is 5.85. The van der Waals surface area contributed by atoms with E-state index in [0.717, 1.165) is 22.4 Å². The Labute approximate surface area is 171 Å². The van der Waals surface area contributed by atoms with E-state index in [1.807, 2.05) is 84.9 Å². The number of ether oxygens (including phenoxy) is 2. The molecular formula is C23H24ClNO3. The lowest BCUT2D eigenvalue weighted by Gasteiger charge is -2.13. The zero-order chi connectivity index (χ0) is 18.9. The number of carbonyl (C=O) groups is 1. The monoisotopic (exact) mass is 397 g/mol. The van der Waals surface area contributed by atoms with Crippen LogP contribution in [-0.4, -0.2) is 12.0 Å². The van der Waals surface area contributed by atoms with Gasteiger partial charge in [0.2, 0.25) is 0 Å². The molecule has 0 unspecified atom stereocenters. The maximum absolute atomic E-state index is 12.1. The number of carbonyl (C=O) groups excluding carboxylic acids is 1. The predicted molar refractivity (Wildman–Crippen MR) is 112 cm³/mol. The molecule has 0 bridgehead atoms. The second-order valence-electron chi connectivity index (χ2n) is 6.33. The van der Waals surface area contributed by atoms with Gasteiger partial charge in [0.05, 0.1) is 0 Å². The summed E-state index contributed by atoms with van der Waals surface area (Å²) < 4.78 is 11.1. The van der Waals surface area contributed by atoms with Gasteiger partial charge >= 0.3 is 5.97 Å². The van der Waals surface area contributed by atoms with Gasteiger partial charge in [-0.1, -0.05) is 72.8 Å². The minimum absolute atomic E-state index is 0. The molecule has 0 saturated carbocycles. The Morgan fingerprint density at radius 3 is 2.00 bits per heavy atom. The molecule has 0 saturated heterocycles. The van der Waals surface area contributed by atoms with Crippen LogP contribution in [-0.2, 0) is 29.2 Å². The van der Waals surface area contributed by atoms with E-state index in [4.69, 9.17) is 15.2 Å². The minimum atomic E-state index is -0.710. The summed E-state index contributed by atoms with van der Waals surface area (Å²) in [7, 11) is 0. The van der Waals surface area contributed by atoms with E-state index in [2.05, 4.69) is 0 Å². The largest absolute Gasteiger partial charge is 0.489 e. The molecule has 0 heterocycles. The van der Waals surface area contributed by atoms with Crippen molar-refractivity contribution in [2.24, 2.45) is 5.73 Å². The predicted octanol–water partition coefficient (Wildman–Crippen LogP) is 4.30. The molecule has 146 valence electrons. The van der Waals surface area contributed by atoms with E-state index in [9.17, 15) is 4.79 Å². The number of nitrogens with two attached hydrogens (primary N) is 1. The number of hydrogen-bond acceptors (Lipinski definition) is 4. The van der Waals surface area contributed by atoms with E-state index in [0.29, 0.717) is 13.0 Å². The smallest absolute Gasteiger partial charge is 0.323 e. The van der Waals surface area contributed by atoms with Gasteiger partial charge in [0.1, 0.15) is 25.0 Å². The molecule has 4 nitrogen and oxygen atoms in total. The van der Waals surface area contributed by atoms with E-state index < -0.39 is 12.0 Å². The normalized spacial score (nSPS) is 11.2. The average molecular weight is 398 g/mol. The summed E-state index contributed by atoms with van der Waals surface area (Å²) in [6, 6.07) is 26.4. The summed E-state index contributed by atoms with van der Waals surface area (Å²) in [5.41, 5.74) is 8.99. The summed E-state index contributed by atoms with van der Waals surface area (Å²) in [6.45, 7) is 0.725. The Bertz CT molecular complexity index is 856. The van der Waals surface area contributed by atoms with E-state index >= 15 is 0 Å². The number of halogens is 1. The number of benzene rings is 3. The van der Waals surface area contributed by atoms with Crippen LogP contribution < -0.4 is 10.5 Å². The van der Waals surface area contributed by atoms with Crippen molar-refractivity contribution in [2.75, 3.05) is 0 Å². The van der Waals surface area contributed by atoms with Crippen molar-refractivity contribution in [3.05, 3.63) is 102 Å². The summed E-state index contributed by atoms with van der Waals surface area (Å²) in [4.78, 5) is 12.1. The molecule has 0 aliphatic heterocycles. The third kappa shape index (κ3) is 6.72. The zero-order valence-corrected chi connectivity index (χ0v) is 16.3. The molecule has 0 aromatic heterocycles. The van der Waals surface area contributed by atoms with Gasteiger partial charge in [0.15, 0.2) is 0 Å². The lowest BCUT2D eigenvalue weighted by atomic mass is 10.1. The van der Waals surface area contributed by atoms with Crippen molar-refractivity contribution >= 4 is 18.4 Å². The van der Waals surface area contributed by atoms with Gasteiger partial charge in [-0.15, -0.1) is 12.4 Å². The maximum atomic E-state index is 12.1. The molecular weight excluding hydrogens is 374 g/mol. The topological polar surface area (TPSA) is 61.5 Å². The van der Waals surface area contributed by atoms with Gasteiger partial charge in [0.25, 0.3) is 0 Å². The SMILES string of the molecule is Cl.N[C@@H](Cc1cccc(OCc2ccccc2)c1)C(=O)OCc1ccccc1. The molecule has 0 aliphatic rings. The molecule has 0 spiro atoms. The molecule has 0 amide bonds. The fourth-order valence-corrected chi connectivity index (χ4v) is 2.68. The first-order chi connectivity index (χ1) is 13.2. The van der Waals surface area contributed by atoms with Gasteiger partial charge in [-0.25, -0.2) is 0 Å². The highest BCUT2D eigenvalue weighted by atomic mass is 35.5.